The third kappa shape index (κ3) is 6.93. The van der Waals surface area contributed by atoms with E-state index in [9.17, 15) is 14.4 Å². The van der Waals surface area contributed by atoms with E-state index < -0.39 is 30.3 Å². The predicted octanol–water partition coefficient (Wildman–Crippen LogP) is 3.95. The zero-order valence-corrected chi connectivity index (χ0v) is 17.3. The summed E-state index contributed by atoms with van der Waals surface area (Å²) in [4.78, 5) is 36.0. The largest absolute Gasteiger partial charge is 0.497 e. The van der Waals surface area contributed by atoms with E-state index in [2.05, 4.69) is 5.32 Å². The molecule has 0 spiro atoms. The van der Waals surface area contributed by atoms with Crippen LogP contribution in [0.5, 0.6) is 5.75 Å². The summed E-state index contributed by atoms with van der Waals surface area (Å²) in [5.41, 5.74) is 1.06. The predicted molar refractivity (Wildman–Crippen MR) is 111 cm³/mol. The van der Waals surface area contributed by atoms with Gasteiger partial charge in [0.1, 0.15) is 11.8 Å². The number of hydrogen-bond donors (Lipinski definition) is 1. The lowest BCUT2D eigenvalue weighted by Crippen LogP contribution is -2.39. The SMILES string of the molecule is COc1ccc(/C=C/C(=O)N[C@@H](C)C(=O)OCC(=O)c2ccc(Cl)c(Cl)c2)cc1. The Morgan fingerprint density at radius 3 is 2.38 bits per heavy atom. The summed E-state index contributed by atoms with van der Waals surface area (Å²) >= 11 is 11.7. The summed E-state index contributed by atoms with van der Waals surface area (Å²) in [6, 6.07) is 10.5. The summed E-state index contributed by atoms with van der Waals surface area (Å²) in [5, 5.41) is 3.03. The molecule has 0 saturated heterocycles. The average molecular weight is 436 g/mol. The molecule has 0 aliphatic heterocycles. The maximum atomic E-state index is 12.1. The van der Waals surface area contributed by atoms with Crippen molar-refractivity contribution >= 4 is 46.9 Å². The van der Waals surface area contributed by atoms with Crippen LogP contribution in [0.3, 0.4) is 0 Å². The number of carbonyl (C=O) groups is 3. The minimum Gasteiger partial charge on any atom is -0.497 e. The van der Waals surface area contributed by atoms with Gasteiger partial charge in [0.05, 0.1) is 17.2 Å². The molecule has 2 aromatic carbocycles. The fourth-order valence-corrected chi connectivity index (χ4v) is 2.52. The number of halogens is 2. The van der Waals surface area contributed by atoms with E-state index in [-0.39, 0.29) is 10.6 Å². The van der Waals surface area contributed by atoms with E-state index in [1.807, 2.05) is 0 Å². The van der Waals surface area contributed by atoms with Crippen molar-refractivity contribution in [2.75, 3.05) is 13.7 Å². The average Bonchev–Trinajstić information content (AvgIpc) is 2.72. The van der Waals surface area contributed by atoms with Crippen LogP contribution in [-0.4, -0.2) is 37.4 Å². The molecule has 0 aliphatic carbocycles. The summed E-state index contributed by atoms with van der Waals surface area (Å²) in [6.45, 7) is 0.990. The molecule has 152 valence electrons. The van der Waals surface area contributed by atoms with Crippen molar-refractivity contribution in [3.05, 3.63) is 69.7 Å². The van der Waals surface area contributed by atoms with Gasteiger partial charge in [-0.05, 0) is 48.9 Å². The third-order valence-corrected chi connectivity index (χ3v) is 4.58. The summed E-state index contributed by atoms with van der Waals surface area (Å²) in [5.74, 6) is -0.932. The van der Waals surface area contributed by atoms with Gasteiger partial charge in [-0.15, -0.1) is 0 Å². The van der Waals surface area contributed by atoms with Gasteiger partial charge in [0, 0.05) is 11.6 Å². The Balaban J connectivity index is 1.82. The highest BCUT2D eigenvalue weighted by molar-refractivity contribution is 6.42. The number of esters is 1. The third-order valence-electron chi connectivity index (χ3n) is 3.84. The molecular formula is C21H19Cl2NO5. The van der Waals surface area contributed by atoms with Gasteiger partial charge < -0.3 is 14.8 Å². The molecule has 2 rings (SSSR count). The van der Waals surface area contributed by atoms with Gasteiger partial charge >= 0.3 is 5.97 Å². The summed E-state index contributed by atoms with van der Waals surface area (Å²) < 4.78 is 10.0. The number of carbonyl (C=O) groups excluding carboxylic acids is 3. The van der Waals surface area contributed by atoms with Crippen molar-refractivity contribution in [3.8, 4) is 5.75 Å². The first-order valence-electron chi connectivity index (χ1n) is 8.57. The molecule has 0 fully saturated rings. The quantitative estimate of drug-likeness (QED) is 0.385. The minimum atomic E-state index is -0.926. The van der Waals surface area contributed by atoms with Gasteiger partial charge in [-0.25, -0.2) is 4.79 Å². The molecule has 0 aromatic heterocycles. The minimum absolute atomic E-state index is 0.230. The van der Waals surface area contributed by atoms with E-state index >= 15 is 0 Å². The van der Waals surface area contributed by atoms with Crippen molar-refractivity contribution in [2.45, 2.75) is 13.0 Å². The van der Waals surface area contributed by atoms with Crippen molar-refractivity contribution in [1.82, 2.24) is 5.32 Å². The molecule has 29 heavy (non-hydrogen) atoms. The van der Waals surface area contributed by atoms with Crippen LogP contribution in [0.15, 0.2) is 48.5 Å². The van der Waals surface area contributed by atoms with Gasteiger partial charge in [-0.2, -0.15) is 0 Å². The van der Waals surface area contributed by atoms with E-state index in [4.69, 9.17) is 32.7 Å². The van der Waals surface area contributed by atoms with Crippen LogP contribution in [0.4, 0.5) is 0 Å². The van der Waals surface area contributed by atoms with Gasteiger partial charge in [-0.3, -0.25) is 9.59 Å². The van der Waals surface area contributed by atoms with E-state index in [1.54, 1.807) is 37.5 Å². The Labute approximate surface area is 178 Å². The van der Waals surface area contributed by atoms with Gasteiger partial charge in [0.2, 0.25) is 5.91 Å². The molecule has 0 heterocycles. The van der Waals surface area contributed by atoms with Crippen LogP contribution in [0.2, 0.25) is 10.0 Å². The topological polar surface area (TPSA) is 81.7 Å². The Morgan fingerprint density at radius 2 is 1.76 bits per heavy atom. The van der Waals surface area contributed by atoms with Crippen LogP contribution in [0, 0.1) is 0 Å². The Kier molecular flexibility index (Phi) is 8.24. The molecular weight excluding hydrogens is 417 g/mol. The number of benzene rings is 2. The number of ether oxygens (including phenoxy) is 2. The highest BCUT2D eigenvalue weighted by Crippen LogP contribution is 2.22. The molecule has 0 bridgehead atoms. The molecule has 1 N–H and O–H groups in total. The second kappa shape index (κ2) is 10.6. The Bertz CT molecular complexity index is 925. The van der Waals surface area contributed by atoms with Crippen LogP contribution in [-0.2, 0) is 14.3 Å². The Hall–Kier alpha value is -2.83. The molecule has 0 aliphatic rings. The molecule has 2 aromatic rings. The number of methoxy groups -OCH3 is 1. The fourth-order valence-electron chi connectivity index (χ4n) is 2.22. The van der Waals surface area contributed by atoms with Crippen molar-refractivity contribution < 1.29 is 23.9 Å². The number of amides is 1. The number of hydrogen-bond acceptors (Lipinski definition) is 5. The van der Waals surface area contributed by atoms with Crippen molar-refractivity contribution in [1.29, 1.82) is 0 Å². The fraction of sp³-hybridized carbons (Fsp3) is 0.190. The van der Waals surface area contributed by atoms with E-state index in [1.165, 1.54) is 31.2 Å². The molecule has 8 heteroatoms. The zero-order valence-electron chi connectivity index (χ0n) is 15.8. The van der Waals surface area contributed by atoms with Crippen molar-refractivity contribution in [2.24, 2.45) is 0 Å². The molecule has 1 amide bonds. The lowest BCUT2D eigenvalue weighted by atomic mass is 10.1. The monoisotopic (exact) mass is 435 g/mol. The smallest absolute Gasteiger partial charge is 0.328 e. The molecule has 1 atom stereocenters. The highest BCUT2D eigenvalue weighted by atomic mass is 35.5. The lowest BCUT2D eigenvalue weighted by Gasteiger charge is -2.12. The molecule has 6 nitrogen and oxygen atoms in total. The lowest BCUT2D eigenvalue weighted by molar-refractivity contribution is -0.145. The van der Waals surface area contributed by atoms with E-state index in [0.29, 0.717) is 10.8 Å². The number of nitrogens with one attached hydrogen (secondary N) is 1. The standard InChI is InChI=1S/C21H19Cl2NO5/c1-13(24-20(26)10-5-14-3-7-16(28-2)8-4-14)21(27)29-12-19(25)15-6-9-17(22)18(23)11-15/h3-11,13H,12H2,1-2H3,(H,24,26)/b10-5+/t13-/m0/s1. The number of ketones is 1. The molecule has 0 saturated carbocycles. The second-order valence-corrected chi connectivity index (χ2v) is 6.81. The van der Waals surface area contributed by atoms with Gasteiger partial charge in [-0.1, -0.05) is 35.3 Å². The zero-order chi connectivity index (χ0) is 21.4. The van der Waals surface area contributed by atoms with Gasteiger partial charge in [0.25, 0.3) is 0 Å². The molecule has 0 radical (unpaired) electrons. The number of rotatable bonds is 8. The first-order valence-corrected chi connectivity index (χ1v) is 9.33. The normalized spacial score (nSPS) is 11.7. The first-order chi connectivity index (χ1) is 13.8. The maximum Gasteiger partial charge on any atom is 0.328 e. The van der Waals surface area contributed by atoms with Crippen LogP contribution in [0.25, 0.3) is 6.08 Å². The van der Waals surface area contributed by atoms with E-state index in [0.717, 1.165) is 5.56 Å². The van der Waals surface area contributed by atoms with Crippen LogP contribution < -0.4 is 10.1 Å². The number of Topliss-reactive ketones (excluding diaryl/α,β-unsaturated/α-hetero) is 1. The van der Waals surface area contributed by atoms with Crippen molar-refractivity contribution in [3.63, 3.8) is 0 Å². The highest BCUT2D eigenvalue weighted by Gasteiger charge is 2.18. The summed E-state index contributed by atoms with van der Waals surface area (Å²) in [7, 11) is 1.57. The molecule has 0 unspecified atom stereocenters. The maximum absolute atomic E-state index is 12.1. The van der Waals surface area contributed by atoms with Gasteiger partial charge in [0.15, 0.2) is 12.4 Å². The first kappa shape index (κ1) is 22.5. The summed E-state index contributed by atoms with van der Waals surface area (Å²) in [6.07, 6.45) is 2.90. The second-order valence-electron chi connectivity index (χ2n) is 6.00. The Morgan fingerprint density at radius 1 is 1.07 bits per heavy atom. The van der Waals surface area contributed by atoms with Crippen LogP contribution >= 0.6 is 23.2 Å². The van der Waals surface area contributed by atoms with Crippen LogP contribution in [0.1, 0.15) is 22.8 Å².